The van der Waals surface area contributed by atoms with E-state index >= 15 is 0 Å². The Balaban J connectivity index is 3.28. The van der Waals surface area contributed by atoms with Crippen LogP contribution < -0.4 is 4.74 Å². The molecule has 1 rings (SSSR count). The number of ether oxygens (including phenoxy) is 2. The maximum absolute atomic E-state index is 13.0. The summed E-state index contributed by atoms with van der Waals surface area (Å²) in [5.41, 5.74) is 1.50. The van der Waals surface area contributed by atoms with Crippen LogP contribution in [0.5, 0.6) is 5.75 Å². The molecule has 1 aromatic carbocycles. The van der Waals surface area contributed by atoms with E-state index in [2.05, 4.69) is 4.74 Å². The zero-order chi connectivity index (χ0) is 12.3. The van der Waals surface area contributed by atoms with E-state index in [0.29, 0.717) is 5.56 Å². The molecule has 4 nitrogen and oxygen atoms in total. The zero-order valence-electron chi connectivity index (χ0n) is 9.28. The zero-order valence-corrected chi connectivity index (χ0v) is 10.1. The Bertz CT molecular complexity index is 482. The highest BCUT2D eigenvalue weighted by Crippen LogP contribution is 2.28. The first-order chi connectivity index (χ1) is 7.36. The summed E-state index contributed by atoms with van der Waals surface area (Å²) in [4.78, 5) is -0.465. The first-order valence-corrected chi connectivity index (χ1v) is 5.92. The summed E-state index contributed by atoms with van der Waals surface area (Å²) in [6.07, 6.45) is 0. The standard InChI is InChI=1S/C10H13FO4S/c1-7-4-9(15-6-14-3)10(5-8(7)2)16(11,12)13/h4-5H,6H2,1-3H3. The molecule has 6 heteroatoms. The van der Waals surface area contributed by atoms with Crippen molar-refractivity contribution in [1.82, 2.24) is 0 Å². The molecule has 0 aliphatic rings. The molecule has 0 heterocycles. The molecule has 0 unspecified atom stereocenters. The van der Waals surface area contributed by atoms with Crippen molar-refractivity contribution in [2.24, 2.45) is 0 Å². The van der Waals surface area contributed by atoms with Gasteiger partial charge in [-0.2, -0.15) is 8.42 Å². The van der Waals surface area contributed by atoms with Crippen molar-refractivity contribution in [3.05, 3.63) is 23.3 Å². The van der Waals surface area contributed by atoms with Gasteiger partial charge >= 0.3 is 10.2 Å². The quantitative estimate of drug-likeness (QED) is 0.603. The van der Waals surface area contributed by atoms with Crippen molar-refractivity contribution in [1.29, 1.82) is 0 Å². The summed E-state index contributed by atoms with van der Waals surface area (Å²) in [6.45, 7) is 3.35. The number of hydrogen-bond donors (Lipinski definition) is 0. The van der Waals surface area contributed by atoms with Gasteiger partial charge in [-0.15, -0.1) is 3.89 Å². The van der Waals surface area contributed by atoms with Crippen LogP contribution in [0.15, 0.2) is 17.0 Å². The average Bonchev–Trinajstić information content (AvgIpc) is 2.17. The lowest BCUT2D eigenvalue weighted by Crippen LogP contribution is -2.04. The Labute approximate surface area is 94.2 Å². The number of aryl methyl sites for hydroxylation is 2. The van der Waals surface area contributed by atoms with Gasteiger partial charge in [-0.05, 0) is 37.1 Å². The average molecular weight is 248 g/mol. The Morgan fingerprint density at radius 2 is 1.81 bits per heavy atom. The summed E-state index contributed by atoms with van der Waals surface area (Å²) in [5, 5.41) is 0. The third-order valence-corrected chi connectivity index (χ3v) is 3.00. The summed E-state index contributed by atoms with van der Waals surface area (Å²) >= 11 is 0. The van der Waals surface area contributed by atoms with Gasteiger partial charge in [-0.3, -0.25) is 0 Å². The van der Waals surface area contributed by atoms with Gasteiger partial charge in [0.2, 0.25) is 0 Å². The topological polar surface area (TPSA) is 52.6 Å². The molecule has 0 aliphatic carbocycles. The van der Waals surface area contributed by atoms with E-state index in [9.17, 15) is 12.3 Å². The maximum Gasteiger partial charge on any atom is 0.335 e. The van der Waals surface area contributed by atoms with E-state index in [1.165, 1.54) is 19.2 Å². The lowest BCUT2D eigenvalue weighted by Gasteiger charge is -2.10. The SMILES string of the molecule is COCOc1cc(C)c(C)cc1S(=O)(=O)F. The van der Waals surface area contributed by atoms with Crippen molar-refractivity contribution in [2.75, 3.05) is 13.9 Å². The van der Waals surface area contributed by atoms with Crippen LogP contribution in [0, 0.1) is 13.8 Å². The Hall–Kier alpha value is -1.14. The molecule has 0 radical (unpaired) electrons. The molecule has 0 N–H and O–H groups in total. The molecule has 16 heavy (non-hydrogen) atoms. The van der Waals surface area contributed by atoms with E-state index in [1.807, 2.05) is 0 Å². The highest BCUT2D eigenvalue weighted by atomic mass is 32.3. The van der Waals surface area contributed by atoms with E-state index in [1.54, 1.807) is 13.8 Å². The largest absolute Gasteiger partial charge is 0.466 e. The number of methoxy groups -OCH3 is 1. The number of halogens is 1. The van der Waals surface area contributed by atoms with Crippen LogP contribution in [0.1, 0.15) is 11.1 Å². The summed E-state index contributed by atoms with van der Waals surface area (Å²) in [5.74, 6) is -0.0348. The Kier molecular flexibility index (Phi) is 3.88. The van der Waals surface area contributed by atoms with Crippen molar-refractivity contribution in [3.63, 3.8) is 0 Å². The van der Waals surface area contributed by atoms with Gasteiger partial charge < -0.3 is 9.47 Å². The summed E-state index contributed by atoms with van der Waals surface area (Å²) in [6, 6.07) is 2.72. The Morgan fingerprint density at radius 3 is 2.31 bits per heavy atom. The van der Waals surface area contributed by atoms with Crippen molar-refractivity contribution >= 4 is 10.2 Å². The fraction of sp³-hybridized carbons (Fsp3) is 0.400. The second-order valence-corrected chi connectivity index (χ2v) is 4.69. The minimum atomic E-state index is -4.78. The second kappa shape index (κ2) is 4.80. The van der Waals surface area contributed by atoms with Gasteiger partial charge in [0.05, 0.1) is 0 Å². The van der Waals surface area contributed by atoms with Crippen molar-refractivity contribution in [3.8, 4) is 5.75 Å². The number of benzene rings is 1. The molecule has 0 fully saturated rings. The van der Waals surface area contributed by atoms with Gasteiger partial charge in [0.15, 0.2) is 6.79 Å². The van der Waals surface area contributed by atoms with Crippen LogP contribution in [-0.4, -0.2) is 22.3 Å². The van der Waals surface area contributed by atoms with E-state index < -0.39 is 15.1 Å². The Morgan fingerprint density at radius 1 is 1.25 bits per heavy atom. The van der Waals surface area contributed by atoms with E-state index in [-0.39, 0.29) is 12.5 Å². The molecule has 90 valence electrons. The van der Waals surface area contributed by atoms with Crippen LogP contribution in [0.3, 0.4) is 0 Å². The predicted octanol–water partition coefficient (Wildman–Crippen LogP) is 1.94. The lowest BCUT2D eigenvalue weighted by atomic mass is 10.1. The summed E-state index contributed by atoms with van der Waals surface area (Å²) in [7, 11) is -3.39. The molecular weight excluding hydrogens is 235 g/mol. The molecule has 0 aliphatic heterocycles. The van der Waals surface area contributed by atoms with Crippen LogP contribution in [0.2, 0.25) is 0 Å². The minimum absolute atomic E-state index is 0.0348. The fourth-order valence-electron chi connectivity index (χ4n) is 1.19. The van der Waals surface area contributed by atoms with Gasteiger partial charge in [0.25, 0.3) is 0 Å². The predicted molar refractivity (Wildman–Crippen MR) is 56.7 cm³/mol. The smallest absolute Gasteiger partial charge is 0.335 e. The third-order valence-electron chi connectivity index (χ3n) is 2.16. The molecule has 0 bridgehead atoms. The monoisotopic (exact) mass is 248 g/mol. The molecule has 0 atom stereocenters. The molecule has 0 spiro atoms. The summed E-state index contributed by atoms with van der Waals surface area (Å²) < 4.78 is 44.4. The van der Waals surface area contributed by atoms with Crippen LogP contribution in [-0.2, 0) is 15.0 Å². The normalized spacial score (nSPS) is 11.5. The van der Waals surface area contributed by atoms with Crippen molar-refractivity contribution in [2.45, 2.75) is 18.7 Å². The van der Waals surface area contributed by atoms with E-state index in [4.69, 9.17) is 4.74 Å². The van der Waals surface area contributed by atoms with Gasteiger partial charge in [0.1, 0.15) is 10.6 Å². The minimum Gasteiger partial charge on any atom is -0.466 e. The van der Waals surface area contributed by atoms with E-state index in [0.717, 1.165) is 5.56 Å². The molecule has 1 aromatic rings. The lowest BCUT2D eigenvalue weighted by molar-refractivity contribution is 0.0489. The van der Waals surface area contributed by atoms with Crippen LogP contribution >= 0.6 is 0 Å². The molecule has 0 aromatic heterocycles. The maximum atomic E-state index is 13.0. The molecule has 0 saturated carbocycles. The highest BCUT2D eigenvalue weighted by Gasteiger charge is 2.19. The first kappa shape index (κ1) is 12.9. The van der Waals surface area contributed by atoms with Crippen LogP contribution in [0.25, 0.3) is 0 Å². The van der Waals surface area contributed by atoms with Crippen LogP contribution in [0.4, 0.5) is 3.89 Å². The molecule has 0 saturated heterocycles. The van der Waals surface area contributed by atoms with Crippen molar-refractivity contribution < 1.29 is 21.8 Å². The van der Waals surface area contributed by atoms with Gasteiger partial charge in [0, 0.05) is 7.11 Å². The second-order valence-electron chi connectivity index (χ2n) is 3.37. The van der Waals surface area contributed by atoms with Gasteiger partial charge in [-0.25, -0.2) is 0 Å². The number of hydrogen-bond acceptors (Lipinski definition) is 4. The molecular formula is C10H13FO4S. The fourth-order valence-corrected chi connectivity index (χ4v) is 1.86. The first-order valence-electron chi connectivity index (χ1n) is 4.54. The highest BCUT2D eigenvalue weighted by molar-refractivity contribution is 7.86. The number of rotatable bonds is 4. The van der Waals surface area contributed by atoms with Gasteiger partial charge in [-0.1, -0.05) is 0 Å². The third kappa shape index (κ3) is 2.93. The molecule has 0 amide bonds.